The van der Waals surface area contributed by atoms with Crippen molar-refractivity contribution in [3.63, 3.8) is 0 Å². The van der Waals surface area contributed by atoms with Crippen molar-refractivity contribution in [3.8, 4) is 0 Å². The molecule has 2 fully saturated rings. The number of hydrogen-bond acceptors (Lipinski definition) is 4. The van der Waals surface area contributed by atoms with Gasteiger partial charge in [-0.2, -0.15) is 0 Å². The summed E-state index contributed by atoms with van der Waals surface area (Å²) in [5.74, 6) is 0.108. The molecule has 2 aliphatic heterocycles. The quantitative estimate of drug-likeness (QED) is 0.717. The van der Waals surface area contributed by atoms with Crippen LogP contribution >= 0.6 is 36.4 Å². The van der Waals surface area contributed by atoms with Crippen LogP contribution in [0.2, 0.25) is 5.02 Å². The van der Waals surface area contributed by atoms with Crippen molar-refractivity contribution in [2.75, 3.05) is 32.8 Å². The first kappa shape index (κ1) is 25.5. The number of carbonyl (C=O) groups is 1. The second kappa shape index (κ2) is 11.6. The summed E-state index contributed by atoms with van der Waals surface area (Å²) in [6.07, 6.45) is 3.19. The first-order chi connectivity index (χ1) is 12.4. The average molecular weight is 453 g/mol. The molecule has 0 bridgehead atoms. The molecule has 2 heterocycles. The predicted octanol–water partition coefficient (Wildman–Crippen LogP) is 3.59. The van der Waals surface area contributed by atoms with Gasteiger partial charge in [0.2, 0.25) is 5.91 Å². The largest absolute Gasteiger partial charge is 0.373 e. The van der Waals surface area contributed by atoms with Gasteiger partial charge in [-0.15, -0.1) is 24.8 Å². The van der Waals surface area contributed by atoms with Gasteiger partial charge in [-0.1, -0.05) is 30.2 Å². The van der Waals surface area contributed by atoms with Crippen molar-refractivity contribution in [1.82, 2.24) is 15.5 Å². The molecule has 2 saturated heterocycles. The number of rotatable bonds is 5. The van der Waals surface area contributed by atoms with Crippen molar-refractivity contribution in [3.05, 3.63) is 34.9 Å². The second-order valence-electron chi connectivity index (χ2n) is 7.89. The summed E-state index contributed by atoms with van der Waals surface area (Å²) in [7, 11) is 0. The van der Waals surface area contributed by atoms with Crippen LogP contribution in [0.1, 0.15) is 44.7 Å². The molecular formula is C20H32Cl3N3O2. The van der Waals surface area contributed by atoms with Crippen molar-refractivity contribution >= 4 is 42.3 Å². The minimum absolute atomic E-state index is 0. The fraction of sp³-hybridized carbons (Fsp3) is 0.650. The molecule has 8 heteroatoms. The Bertz CT molecular complexity index is 607. The number of ether oxygens (including phenoxy) is 1. The van der Waals surface area contributed by atoms with Gasteiger partial charge in [0, 0.05) is 24.7 Å². The van der Waals surface area contributed by atoms with E-state index >= 15 is 0 Å². The fourth-order valence-electron chi connectivity index (χ4n) is 3.86. The SMILES string of the molecule is CC1(C)CN(C(CNC(=O)[C@H]2CCCCN2)c2ccc(Cl)cc2)CCO1.Cl.Cl. The standard InChI is InChI=1S/C20H30ClN3O2.2ClH/c1-20(2)14-24(11-12-26-20)18(15-6-8-16(21)9-7-15)13-23-19(25)17-5-3-4-10-22-17;;/h6-9,17-18,22H,3-5,10-14H2,1-2H3,(H,23,25);2*1H/t17-,18?;;/m1../s1. The Kier molecular flexibility index (Phi) is 10.5. The third-order valence-corrected chi connectivity index (χ3v) is 5.50. The van der Waals surface area contributed by atoms with Gasteiger partial charge in [-0.3, -0.25) is 9.69 Å². The maximum absolute atomic E-state index is 12.6. The second-order valence-corrected chi connectivity index (χ2v) is 8.33. The molecule has 0 spiro atoms. The number of piperidine rings is 1. The molecule has 3 rings (SSSR count). The molecule has 5 nitrogen and oxygen atoms in total. The number of nitrogens with one attached hydrogen (secondary N) is 2. The fourth-order valence-corrected chi connectivity index (χ4v) is 3.98. The molecule has 2 atom stereocenters. The van der Waals surface area contributed by atoms with E-state index in [2.05, 4.69) is 41.5 Å². The highest BCUT2D eigenvalue weighted by Crippen LogP contribution is 2.27. The van der Waals surface area contributed by atoms with Crippen molar-refractivity contribution in [1.29, 1.82) is 0 Å². The summed E-state index contributed by atoms with van der Waals surface area (Å²) >= 11 is 6.06. The molecule has 0 aromatic heterocycles. The van der Waals surface area contributed by atoms with E-state index in [0.717, 1.165) is 43.9 Å². The Morgan fingerprint density at radius 2 is 2.04 bits per heavy atom. The molecule has 160 valence electrons. The van der Waals surface area contributed by atoms with E-state index in [-0.39, 0.29) is 48.4 Å². The monoisotopic (exact) mass is 451 g/mol. The molecule has 1 aromatic carbocycles. The number of amides is 1. The highest BCUT2D eigenvalue weighted by Gasteiger charge is 2.32. The maximum atomic E-state index is 12.6. The normalized spacial score (nSPS) is 23.0. The predicted molar refractivity (Wildman–Crippen MR) is 119 cm³/mol. The Morgan fingerprint density at radius 3 is 2.64 bits per heavy atom. The lowest BCUT2D eigenvalue weighted by Gasteiger charge is -2.42. The maximum Gasteiger partial charge on any atom is 0.237 e. The molecule has 0 saturated carbocycles. The molecule has 2 N–H and O–H groups in total. The van der Waals surface area contributed by atoms with Crippen LogP contribution in [0, 0.1) is 0 Å². The first-order valence-electron chi connectivity index (χ1n) is 9.59. The van der Waals surface area contributed by atoms with Crippen LogP contribution in [0.4, 0.5) is 0 Å². The van der Waals surface area contributed by atoms with E-state index in [4.69, 9.17) is 16.3 Å². The zero-order valence-electron chi connectivity index (χ0n) is 16.6. The summed E-state index contributed by atoms with van der Waals surface area (Å²) in [6.45, 7) is 8.14. The topological polar surface area (TPSA) is 53.6 Å². The molecule has 1 amide bonds. The molecule has 1 unspecified atom stereocenters. The molecule has 1 aromatic rings. The van der Waals surface area contributed by atoms with Gasteiger partial charge in [0.1, 0.15) is 0 Å². The smallest absolute Gasteiger partial charge is 0.237 e. The van der Waals surface area contributed by atoms with E-state index in [1.165, 1.54) is 5.56 Å². The lowest BCUT2D eigenvalue weighted by molar-refractivity contribution is -0.124. The van der Waals surface area contributed by atoms with Crippen LogP contribution in [0.25, 0.3) is 0 Å². The summed E-state index contributed by atoms with van der Waals surface area (Å²) in [6, 6.07) is 8.00. The minimum Gasteiger partial charge on any atom is -0.373 e. The molecule has 0 radical (unpaired) electrons. The number of nitrogens with zero attached hydrogens (tertiary/aromatic N) is 1. The Labute approximate surface area is 185 Å². The van der Waals surface area contributed by atoms with Crippen LogP contribution in [0.15, 0.2) is 24.3 Å². The number of carbonyl (C=O) groups excluding carboxylic acids is 1. The first-order valence-corrected chi connectivity index (χ1v) is 9.97. The molecular weight excluding hydrogens is 421 g/mol. The number of halogens is 3. The van der Waals surface area contributed by atoms with Gasteiger partial charge in [0.05, 0.1) is 24.3 Å². The molecule has 28 heavy (non-hydrogen) atoms. The zero-order chi connectivity index (χ0) is 18.6. The summed E-state index contributed by atoms with van der Waals surface area (Å²) in [5.41, 5.74) is 0.988. The van der Waals surface area contributed by atoms with Crippen LogP contribution < -0.4 is 10.6 Å². The van der Waals surface area contributed by atoms with E-state index < -0.39 is 0 Å². The third-order valence-electron chi connectivity index (χ3n) is 5.25. The van der Waals surface area contributed by atoms with E-state index in [1.807, 2.05) is 12.1 Å². The Morgan fingerprint density at radius 1 is 1.32 bits per heavy atom. The van der Waals surface area contributed by atoms with Crippen LogP contribution in [-0.2, 0) is 9.53 Å². The van der Waals surface area contributed by atoms with Crippen molar-refractivity contribution in [2.45, 2.75) is 50.8 Å². The van der Waals surface area contributed by atoms with Crippen molar-refractivity contribution in [2.24, 2.45) is 0 Å². The minimum atomic E-state index is -0.183. The highest BCUT2D eigenvalue weighted by molar-refractivity contribution is 6.30. The lowest BCUT2D eigenvalue weighted by Crippen LogP contribution is -2.53. The van der Waals surface area contributed by atoms with Gasteiger partial charge in [-0.25, -0.2) is 0 Å². The summed E-state index contributed by atoms with van der Waals surface area (Å²) < 4.78 is 5.86. The molecule has 0 aliphatic carbocycles. The van der Waals surface area contributed by atoms with Gasteiger partial charge >= 0.3 is 0 Å². The number of morpholine rings is 1. The highest BCUT2D eigenvalue weighted by atomic mass is 35.5. The van der Waals surface area contributed by atoms with Crippen molar-refractivity contribution < 1.29 is 9.53 Å². The Hall–Kier alpha value is -0.560. The van der Waals surface area contributed by atoms with E-state index in [1.54, 1.807) is 0 Å². The van der Waals surface area contributed by atoms with Crippen LogP contribution in [0.5, 0.6) is 0 Å². The van der Waals surface area contributed by atoms with E-state index in [9.17, 15) is 4.79 Å². The number of hydrogen-bond donors (Lipinski definition) is 2. The van der Waals surface area contributed by atoms with Gasteiger partial charge in [0.15, 0.2) is 0 Å². The van der Waals surface area contributed by atoms with Crippen LogP contribution in [-0.4, -0.2) is 55.2 Å². The van der Waals surface area contributed by atoms with E-state index in [0.29, 0.717) is 13.2 Å². The van der Waals surface area contributed by atoms with Gasteiger partial charge in [-0.05, 0) is 50.9 Å². The third kappa shape index (κ3) is 7.05. The molecule has 2 aliphatic rings. The summed E-state index contributed by atoms with van der Waals surface area (Å²) in [4.78, 5) is 15.0. The van der Waals surface area contributed by atoms with Gasteiger partial charge < -0.3 is 15.4 Å². The lowest BCUT2D eigenvalue weighted by atomic mass is 10.00. The number of benzene rings is 1. The van der Waals surface area contributed by atoms with Gasteiger partial charge in [0.25, 0.3) is 0 Å². The summed E-state index contributed by atoms with van der Waals surface area (Å²) in [5, 5.41) is 7.22. The average Bonchev–Trinajstić information content (AvgIpc) is 2.63. The zero-order valence-corrected chi connectivity index (χ0v) is 19.0. The Balaban J connectivity index is 0.00000196. The van der Waals surface area contributed by atoms with Crippen LogP contribution in [0.3, 0.4) is 0 Å².